The molecule has 4 nitrogen and oxygen atoms in total. The highest BCUT2D eigenvalue weighted by Gasteiger charge is 2.34. The van der Waals surface area contributed by atoms with Gasteiger partial charge in [-0.1, -0.05) is 0 Å². The Labute approximate surface area is 92.1 Å². The van der Waals surface area contributed by atoms with Gasteiger partial charge in [0, 0.05) is 13.6 Å². The molecule has 1 saturated carbocycles. The van der Waals surface area contributed by atoms with Gasteiger partial charge in [-0.15, -0.1) is 0 Å². The van der Waals surface area contributed by atoms with Gasteiger partial charge in [-0.3, -0.25) is 0 Å². The van der Waals surface area contributed by atoms with Crippen LogP contribution >= 0.6 is 0 Å². The Morgan fingerprint density at radius 3 is 2.33 bits per heavy atom. The number of nitrogens with zero attached hydrogens (tertiary/aromatic N) is 1. The van der Waals surface area contributed by atoms with Crippen LogP contribution in [-0.4, -0.2) is 44.7 Å². The van der Waals surface area contributed by atoms with E-state index >= 15 is 0 Å². The summed E-state index contributed by atoms with van der Waals surface area (Å²) in [6, 6.07) is 0. The topological polar surface area (TPSA) is 49.4 Å². The zero-order valence-corrected chi connectivity index (χ0v) is 10.1. The highest BCUT2D eigenvalue weighted by molar-refractivity contribution is 7.89. The Hall–Kier alpha value is -0.130. The standard InChI is InChI=1S/C10H20N2O2S/c1-12(8-9-2-3-9)15(13,14)10-4-6-11-7-5-10/h9-11H,2-8H2,1H3. The van der Waals surface area contributed by atoms with Gasteiger partial charge in [0.05, 0.1) is 5.25 Å². The number of nitrogens with one attached hydrogen (secondary N) is 1. The second-order valence-corrected chi connectivity index (χ2v) is 7.04. The van der Waals surface area contributed by atoms with Gasteiger partial charge in [-0.25, -0.2) is 12.7 Å². The van der Waals surface area contributed by atoms with Crippen LogP contribution in [0, 0.1) is 5.92 Å². The minimum Gasteiger partial charge on any atom is -0.317 e. The van der Waals surface area contributed by atoms with E-state index in [0.717, 1.165) is 32.5 Å². The van der Waals surface area contributed by atoms with Crippen LogP contribution < -0.4 is 5.32 Å². The van der Waals surface area contributed by atoms with Crippen LogP contribution in [0.2, 0.25) is 0 Å². The molecular weight excluding hydrogens is 212 g/mol. The Kier molecular flexibility index (Phi) is 3.33. The van der Waals surface area contributed by atoms with Crippen LogP contribution in [0.4, 0.5) is 0 Å². The first-order valence-electron chi connectivity index (χ1n) is 5.76. The molecule has 5 heteroatoms. The van der Waals surface area contributed by atoms with Gasteiger partial charge in [-0.2, -0.15) is 0 Å². The number of sulfonamides is 1. The maximum Gasteiger partial charge on any atom is 0.216 e. The summed E-state index contributed by atoms with van der Waals surface area (Å²) < 4.78 is 25.9. The summed E-state index contributed by atoms with van der Waals surface area (Å²) in [5, 5.41) is 3.05. The van der Waals surface area contributed by atoms with Crippen molar-refractivity contribution in [2.24, 2.45) is 5.92 Å². The van der Waals surface area contributed by atoms with Crippen molar-refractivity contribution in [3.63, 3.8) is 0 Å². The fraction of sp³-hybridized carbons (Fsp3) is 1.00. The summed E-state index contributed by atoms with van der Waals surface area (Å²) in [7, 11) is -1.29. The molecule has 2 fully saturated rings. The van der Waals surface area contributed by atoms with Gasteiger partial charge >= 0.3 is 0 Å². The summed E-state index contributed by atoms with van der Waals surface area (Å²) in [4.78, 5) is 0. The molecule has 1 aliphatic heterocycles. The van der Waals surface area contributed by atoms with E-state index in [-0.39, 0.29) is 5.25 Å². The molecule has 0 amide bonds. The molecule has 0 aromatic heterocycles. The largest absolute Gasteiger partial charge is 0.317 e. The highest BCUT2D eigenvalue weighted by atomic mass is 32.2. The van der Waals surface area contributed by atoms with Gasteiger partial charge in [0.25, 0.3) is 0 Å². The van der Waals surface area contributed by atoms with Crippen molar-refractivity contribution in [1.29, 1.82) is 0 Å². The minimum absolute atomic E-state index is 0.150. The lowest BCUT2D eigenvalue weighted by Gasteiger charge is -2.27. The summed E-state index contributed by atoms with van der Waals surface area (Å²) in [5.41, 5.74) is 0. The third-order valence-electron chi connectivity index (χ3n) is 3.35. The first kappa shape index (κ1) is 11.4. The van der Waals surface area contributed by atoms with Gasteiger partial charge in [-0.05, 0) is 44.7 Å². The van der Waals surface area contributed by atoms with Gasteiger partial charge < -0.3 is 5.32 Å². The van der Waals surface area contributed by atoms with E-state index in [1.807, 2.05) is 0 Å². The van der Waals surface area contributed by atoms with E-state index in [1.165, 1.54) is 12.8 Å². The van der Waals surface area contributed by atoms with Crippen LogP contribution in [-0.2, 0) is 10.0 Å². The lowest BCUT2D eigenvalue weighted by atomic mass is 10.2. The molecule has 2 rings (SSSR count). The third-order valence-corrected chi connectivity index (χ3v) is 5.69. The first-order valence-corrected chi connectivity index (χ1v) is 7.27. The Morgan fingerprint density at radius 1 is 1.20 bits per heavy atom. The van der Waals surface area contributed by atoms with Crippen LogP contribution in [0.1, 0.15) is 25.7 Å². The van der Waals surface area contributed by atoms with Crippen molar-refractivity contribution >= 4 is 10.0 Å². The molecule has 2 aliphatic rings. The molecule has 0 aromatic carbocycles. The quantitative estimate of drug-likeness (QED) is 0.764. The highest BCUT2D eigenvalue weighted by Crippen LogP contribution is 2.31. The van der Waals surface area contributed by atoms with Crippen LogP contribution in [0.15, 0.2) is 0 Å². The van der Waals surface area contributed by atoms with Gasteiger partial charge in [0.2, 0.25) is 10.0 Å². The number of hydrogen-bond donors (Lipinski definition) is 1. The normalized spacial score (nSPS) is 24.7. The van der Waals surface area contributed by atoms with E-state index < -0.39 is 10.0 Å². The Balaban J connectivity index is 1.96. The van der Waals surface area contributed by atoms with Gasteiger partial charge in [0.15, 0.2) is 0 Å². The zero-order chi connectivity index (χ0) is 10.9. The molecule has 15 heavy (non-hydrogen) atoms. The first-order chi connectivity index (χ1) is 7.10. The molecule has 1 aliphatic carbocycles. The smallest absolute Gasteiger partial charge is 0.216 e. The van der Waals surface area contributed by atoms with Crippen molar-refractivity contribution < 1.29 is 8.42 Å². The molecule has 0 aromatic rings. The third kappa shape index (κ3) is 2.71. The van der Waals surface area contributed by atoms with E-state index in [0.29, 0.717) is 5.92 Å². The second-order valence-electron chi connectivity index (χ2n) is 4.72. The minimum atomic E-state index is -3.02. The molecule has 88 valence electrons. The molecule has 1 heterocycles. The average molecular weight is 232 g/mol. The molecule has 0 radical (unpaired) electrons. The Morgan fingerprint density at radius 2 is 1.80 bits per heavy atom. The summed E-state index contributed by atoms with van der Waals surface area (Å²) in [6.07, 6.45) is 3.92. The summed E-state index contributed by atoms with van der Waals surface area (Å²) in [6.45, 7) is 2.40. The fourth-order valence-electron chi connectivity index (χ4n) is 2.12. The van der Waals surface area contributed by atoms with Crippen molar-refractivity contribution in [3.05, 3.63) is 0 Å². The molecule has 1 saturated heterocycles. The Bertz CT molecular complexity index is 305. The summed E-state index contributed by atoms with van der Waals surface area (Å²) >= 11 is 0. The summed E-state index contributed by atoms with van der Waals surface area (Å²) in [5.74, 6) is 0.631. The lowest BCUT2D eigenvalue weighted by molar-refractivity contribution is 0.421. The van der Waals surface area contributed by atoms with E-state index in [1.54, 1.807) is 11.4 Å². The predicted molar refractivity (Wildman–Crippen MR) is 60.2 cm³/mol. The van der Waals surface area contributed by atoms with E-state index in [4.69, 9.17) is 0 Å². The monoisotopic (exact) mass is 232 g/mol. The number of hydrogen-bond acceptors (Lipinski definition) is 3. The molecular formula is C10H20N2O2S. The number of piperidine rings is 1. The molecule has 0 spiro atoms. The lowest BCUT2D eigenvalue weighted by Crippen LogP contribution is -2.43. The number of rotatable bonds is 4. The van der Waals surface area contributed by atoms with Crippen molar-refractivity contribution in [3.8, 4) is 0 Å². The van der Waals surface area contributed by atoms with Crippen LogP contribution in [0.3, 0.4) is 0 Å². The molecule has 0 unspecified atom stereocenters. The van der Waals surface area contributed by atoms with E-state index in [2.05, 4.69) is 5.32 Å². The molecule has 0 bridgehead atoms. The second kappa shape index (κ2) is 4.39. The van der Waals surface area contributed by atoms with E-state index in [9.17, 15) is 8.42 Å². The van der Waals surface area contributed by atoms with Crippen LogP contribution in [0.25, 0.3) is 0 Å². The zero-order valence-electron chi connectivity index (χ0n) is 9.28. The SMILES string of the molecule is CN(CC1CC1)S(=O)(=O)C1CCNCC1. The average Bonchev–Trinajstić information content (AvgIpc) is 3.03. The van der Waals surface area contributed by atoms with Crippen LogP contribution in [0.5, 0.6) is 0 Å². The predicted octanol–water partition coefficient (Wildman–Crippen LogP) is 0.410. The van der Waals surface area contributed by atoms with Crippen molar-refractivity contribution in [2.45, 2.75) is 30.9 Å². The maximum absolute atomic E-state index is 12.1. The maximum atomic E-state index is 12.1. The van der Waals surface area contributed by atoms with Gasteiger partial charge in [0.1, 0.15) is 0 Å². The molecule has 0 atom stereocenters. The fourth-order valence-corrected chi connectivity index (χ4v) is 3.87. The molecule has 1 N–H and O–H groups in total. The van der Waals surface area contributed by atoms with Crippen molar-refractivity contribution in [1.82, 2.24) is 9.62 Å². The van der Waals surface area contributed by atoms with Crippen molar-refractivity contribution in [2.75, 3.05) is 26.7 Å².